The first-order valence-electron chi connectivity index (χ1n) is 3.09. The third-order valence-corrected chi connectivity index (χ3v) is 0.591. The van der Waals surface area contributed by atoms with Gasteiger partial charge < -0.3 is 30.0 Å². The number of rotatable bonds is 4. The van der Waals surface area contributed by atoms with Crippen LogP contribution in [0.1, 0.15) is 12.8 Å². The number of hydrogen-bond acceptors (Lipinski definition) is 6. The second-order valence-electron chi connectivity index (χ2n) is 1.89. The Labute approximate surface area is 93.4 Å². The van der Waals surface area contributed by atoms with E-state index in [4.69, 9.17) is 10.2 Å². The number of hydrogen-bond donors (Lipinski definition) is 2. The zero-order valence-corrected chi connectivity index (χ0v) is 8.06. The molecule has 0 aliphatic rings. The van der Waals surface area contributed by atoms with Crippen molar-refractivity contribution >= 4 is 23.9 Å². The Hall–Kier alpha value is -1.63. The average Bonchev–Trinajstić information content (AvgIpc) is 1.79. The molecule has 0 saturated carbocycles. The molecule has 88 valence electrons. The minimum Gasteiger partial charge on any atom is -0.550 e. The topological polar surface area (TPSA) is 155 Å². The van der Waals surface area contributed by atoms with Crippen LogP contribution in [0.3, 0.4) is 0 Å². The van der Waals surface area contributed by atoms with Crippen molar-refractivity contribution in [3.8, 4) is 0 Å². The van der Waals surface area contributed by atoms with E-state index >= 15 is 0 Å². The Balaban J connectivity index is -0.000000180. The second-order valence-corrected chi connectivity index (χ2v) is 1.89. The average molecular weight is 265 g/mol. The summed E-state index contributed by atoms with van der Waals surface area (Å²) in [4.78, 5) is 37.4. The molecule has 0 radical (unpaired) electrons. The van der Waals surface area contributed by atoms with E-state index in [9.17, 15) is 29.4 Å². The van der Waals surface area contributed by atoms with Gasteiger partial charge in [-0.05, 0) is 0 Å². The van der Waals surface area contributed by atoms with Gasteiger partial charge in [0.15, 0.2) is 0 Å². The molecule has 9 heteroatoms. The first-order chi connectivity index (χ1) is 6.25. The third-order valence-electron chi connectivity index (χ3n) is 0.591. The Morgan fingerprint density at radius 3 is 1.00 bits per heavy atom. The summed E-state index contributed by atoms with van der Waals surface area (Å²) in [6.07, 6.45) is -1.83. The van der Waals surface area contributed by atoms with E-state index in [0.29, 0.717) is 0 Å². The molecular formula is C6H6NiO8. The Morgan fingerprint density at radius 2 is 1.00 bits per heavy atom. The fourth-order valence-electron chi connectivity index (χ4n) is 0.247. The van der Waals surface area contributed by atoms with Gasteiger partial charge in [-0.3, -0.25) is 9.59 Å². The normalized spacial score (nSPS) is 7.47. The van der Waals surface area contributed by atoms with E-state index in [1.165, 1.54) is 0 Å². The summed E-state index contributed by atoms with van der Waals surface area (Å²) in [5, 5.41) is 34.0. The summed E-state index contributed by atoms with van der Waals surface area (Å²) in [5.41, 5.74) is 0. The van der Waals surface area contributed by atoms with Gasteiger partial charge in [-0.2, -0.15) is 0 Å². The molecule has 15 heavy (non-hydrogen) atoms. The molecule has 0 rings (SSSR count). The van der Waals surface area contributed by atoms with Crippen molar-refractivity contribution in [2.75, 3.05) is 0 Å². The van der Waals surface area contributed by atoms with Gasteiger partial charge in [0.1, 0.15) is 0 Å². The van der Waals surface area contributed by atoms with Crippen molar-refractivity contribution in [2.45, 2.75) is 12.8 Å². The van der Waals surface area contributed by atoms with E-state index in [0.717, 1.165) is 0 Å². The van der Waals surface area contributed by atoms with Crippen molar-refractivity contribution in [3.05, 3.63) is 0 Å². The molecule has 0 bridgehead atoms. The molecule has 0 aromatic heterocycles. The summed E-state index contributed by atoms with van der Waals surface area (Å²) in [6, 6.07) is 0. The molecule has 0 atom stereocenters. The van der Waals surface area contributed by atoms with Crippen molar-refractivity contribution in [1.29, 1.82) is 0 Å². The zero-order valence-electron chi connectivity index (χ0n) is 7.07. The number of carbonyl (C=O) groups excluding carboxylic acids is 2. The Kier molecular flexibility index (Phi) is 13.3. The SMILES string of the molecule is O=C([O-])CC(=O)O.O=C([O-])CC(=O)O.[Ni+2]. The van der Waals surface area contributed by atoms with E-state index in [2.05, 4.69) is 0 Å². The molecule has 8 nitrogen and oxygen atoms in total. The number of carboxylic acid groups (broad SMARTS) is 4. The van der Waals surface area contributed by atoms with Crippen LogP contribution in [-0.4, -0.2) is 34.1 Å². The van der Waals surface area contributed by atoms with Crippen LogP contribution in [-0.2, 0) is 35.7 Å². The van der Waals surface area contributed by atoms with Crippen LogP contribution in [0, 0.1) is 0 Å². The van der Waals surface area contributed by atoms with E-state index in [1.54, 1.807) is 0 Å². The van der Waals surface area contributed by atoms with Crippen LogP contribution in [0.4, 0.5) is 0 Å². The molecule has 0 heterocycles. The van der Waals surface area contributed by atoms with E-state index < -0.39 is 36.7 Å². The smallest absolute Gasteiger partial charge is 0.550 e. The Bertz CT molecular complexity index is 198. The minimum atomic E-state index is -1.56. The van der Waals surface area contributed by atoms with Crippen LogP contribution >= 0.6 is 0 Å². The number of aliphatic carboxylic acids is 4. The predicted octanol–water partition coefficient (Wildman–Crippen LogP) is -3.58. The summed E-state index contributed by atoms with van der Waals surface area (Å²) >= 11 is 0. The van der Waals surface area contributed by atoms with Gasteiger partial charge in [0, 0.05) is 0 Å². The molecule has 0 fully saturated rings. The van der Waals surface area contributed by atoms with Crippen LogP contribution in [0.15, 0.2) is 0 Å². The zero-order chi connectivity index (χ0) is 11.7. The molecule has 0 spiro atoms. The summed E-state index contributed by atoms with van der Waals surface area (Å²) < 4.78 is 0. The minimum absolute atomic E-state index is 0. The van der Waals surface area contributed by atoms with Gasteiger partial charge in [-0.15, -0.1) is 0 Å². The van der Waals surface area contributed by atoms with Crippen LogP contribution in [0.25, 0.3) is 0 Å². The van der Waals surface area contributed by atoms with Gasteiger partial charge >= 0.3 is 28.4 Å². The van der Waals surface area contributed by atoms with Gasteiger partial charge in [-0.1, -0.05) is 0 Å². The molecule has 0 saturated heterocycles. The Morgan fingerprint density at radius 1 is 0.800 bits per heavy atom. The van der Waals surface area contributed by atoms with Gasteiger partial charge in [0.25, 0.3) is 0 Å². The molecule has 2 N–H and O–H groups in total. The van der Waals surface area contributed by atoms with Crippen LogP contribution < -0.4 is 10.2 Å². The molecule has 0 aromatic rings. The van der Waals surface area contributed by atoms with Gasteiger partial charge in [-0.25, -0.2) is 0 Å². The standard InChI is InChI=1S/2C3H4O4.Ni/c2*4-2(5)1-3(6)7;/h2*1H2,(H,4,5)(H,6,7);/q;;+2/p-2. The van der Waals surface area contributed by atoms with Crippen LogP contribution in [0.2, 0.25) is 0 Å². The van der Waals surface area contributed by atoms with Crippen LogP contribution in [0.5, 0.6) is 0 Å². The van der Waals surface area contributed by atoms with Gasteiger partial charge in [0.2, 0.25) is 0 Å². The molecule has 0 unspecified atom stereocenters. The number of carboxylic acids is 4. The first-order valence-corrected chi connectivity index (χ1v) is 3.09. The third kappa shape index (κ3) is 32.8. The molecule has 0 aliphatic heterocycles. The van der Waals surface area contributed by atoms with Gasteiger partial charge in [0.05, 0.1) is 24.8 Å². The monoisotopic (exact) mass is 264 g/mol. The van der Waals surface area contributed by atoms with Crippen molar-refractivity contribution < 1.29 is 56.1 Å². The van der Waals surface area contributed by atoms with Crippen molar-refractivity contribution in [1.82, 2.24) is 0 Å². The first kappa shape index (κ1) is 19.0. The summed E-state index contributed by atoms with van der Waals surface area (Å²) in [7, 11) is 0. The fraction of sp³-hybridized carbons (Fsp3) is 0.333. The van der Waals surface area contributed by atoms with Crippen molar-refractivity contribution in [3.63, 3.8) is 0 Å². The maximum atomic E-state index is 9.39. The fourth-order valence-corrected chi connectivity index (χ4v) is 0.247. The molecule has 0 amide bonds. The maximum absolute atomic E-state index is 9.39. The largest absolute Gasteiger partial charge is 2.00 e. The maximum Gasteiger partial charge on any atom is 2.00 e. The quantitative estimate of drug-likeness (QED) is 0.390. The van der Waals surface area contributed by atoms with E-state index in [1.807, 2.05) is 0 Å². The molecule has 0 aromatic carbocycles. The summed E-state index contributed by atoms with van der Waals surface area (Å²) in [6.45, 7) is 0. The molecular weight excluding hydrogens is 259 g/mol. The predicted molar refractivity (Wildman–Crippen MR) is 34.5 cm³/mol. The summed E-state index contributed by atoms with van der Waals surface area (Å²) in [5.74, 6) is -5.88. The number of carbonyl (C=O) groups is 4. The second kappa shape index (κ2) is 10.5. The molecule has 0 aliphatic carbocycles. The van der Waals surface area contributed by atoms with E-state index in [-0.39, 0.29) is 16.5 Å². The van der Waals surface area contributed by atoms with Crippen molar-refractivity contribution in [2.24, 2.45) is 0 Å².